The van der Waals surface area contributed by atoms with Crippen LogP contribution in [0.2, 0.25) is 0 Å². The zero-order chi connectivity index (χ0) is 12.8. The van der Waals surface area contributed by atoms with Gasteiger partial charge in [-0.2, -0.15) is 0 Å². The molecule has 0 aliphatic heterocycles. The molecule has 3 heteroatoms. The number of esters is 1. The second-order valence-corrected chi connectivity index (χ2v) is 4.59. The van der Waals surface area contributed by atoms with E-state index in [1.165, 1.54) is 7.11 Å². The number of methoxy groups -OCH3 is 1. The van der Waals surface area contributed by atoms with Gasteiger partial charge in [0.15, 0.2) is 0 Å². The molecular formula is C13H27NO2. The number of carbonyl (C=O) groups is 1. The third kappa shape index (κ3) is 3.78. The van der Waals surface area contributed by atoms with E-state index in [1.807, 2.05) is 6.92 Å². The lowest BCUT2D eigenvalue weighted by Crippen LogP contribution is -2.51. The Hall–Kier alpha value is -0.570. The fourth-order valence-electron chi connectivity index (χ4n) is 2.05. The van der Waals surface area contributed by atoms with Gasteiger partial charge in [-0.1, -0.05) is 27.7 Å². The van der Waals surface area contributed by atoms with E-state index in [9.17, 15) is 4.79 Å². The first-order chi connectivity index (χ1) is 7.46. The summed E-state index contributed by atoms with van der Waals surface area (Å²) >= 11 is 0. The monoisotopic (exact) mass is 229 g/mol. The van der Waals surface area contributed by atoms with Crippen molar-refractivity contribution < 1.29 is 9.53 Å². The molecule has 2 unspecified atom stereocenters. The van der Waals surface area contributed by atoms with Crippen LogP contribution in [0, 0.1) is 5.92 Å². The summed E-state index contributed by atoms with van der Waals surface area (Å²) in [6.07, 6.45) is 3.24. The van der Waals surface area contributed by atoms with Gasteiger partial charge in [0, 0.05) is 11.6 Å². The van der Waals surface area contributed by atoms with E-state index in [4.69, 9.17) is 4.74 Å². The number of hydrogen-bond acceptors (Lipinski definition) is 3. The highest BCUT2D eigenvalue weighted by molar-refractivity contribution is 5.72. The fraction of sp³-hybridized carbons (Fsp3) is 0.923. The normalized spacial score (nSPS) is 15.6. The fourth-order valence-corrected chi connectivity index (χ4v) is 2.05. The average Bonchev–Trinajstić information content (AvgIpc) is 2.33. The van der Waals surface area contributed by atoms with Crippen LogP contribution >= 0.6 is 0 Å². The Balaban J connectivity index is 4.51. The maximum Gasteiger partial charge on any atom is 0.309 e. The van der Waals surface area contributed by atoms with Crippen LogP contribution in [-0.2, 0) is 9.53 Å². The summed E-state index contributed by atoms with van der Waals surface area (Å²) in [4.78, 5) is 11.4. The second kappa shape index (κ2) is 6.89. The molecule has 0 spiro atoms. The van der Waals surface area contributed by atoms with Crippen molar-refractivity contribution in [3.8, 4) is 0 Å². The topological polar surface area (TPSA) is 38.3 Å². The molecule has 0 amide bonds. The first-order valence-electron chi connectivity index (χ1n) is 6.31. The first-order valence-corrected chi connectivity index (χ1v) is 6.31. The van der Waals surface area contributed by atoms with E-state index in [2.05, 4.69) is 33.0 Å². The Morgan fingerprint density at radius 1 is 1.19 bits per heavy atom. The molecule has 0 aromatic carbocycles. The van der Waals surface area contributed by atoms with Crippen LogP contribution in [0.3, 0.4) is 0 Å². The molecule has 3 nitrogen and oxygen atoms in total. The van der Waals surface area contributed by atoms with Crippen molar-refractivity contribution in [2.45, 2.75) is 65.5 Å². The number of ether oxygens (including phenoxy) is 1. The van der Waals surface area contributed by atoms with Gasteiger partial charge in [0.2, 0.25) is 0 Å². The number of hydrogen-bond donors (Lipinski definition) is 1. The van der Waals surface area contributed by atoms with Crippen LogP contribution < -0.4 is 5.32 Å². The maximum absolute atomic E-state index is 11.4. The van der Waals surface area contributed by atoms with Gasteiger partial charge < -0.3 is 10.1 Å². The van der Waals surface area contributed by atoms with Gasteiger partial charge in [-0.25, -0.2) is 0 Å². The molecule has 0 saturated heterocycles. The molecule has 0 heterocycles. The minimum absolute atomic E-state index is 0.103. The van der Waals surface area contributed by atoms with E-state index in [0.717, 1.165) is 19.3 Å². The van der Waals surface area contributed by atoms with Gasteiger partial charge in [-0.15, -0.1) is 0 Å². The van der Waals surface area contributed by atoms with Crippen molar-refractivity contribution in [1.82, 2.24) is 5.32 Å². The first kappa shape index (κ1) is 15.4. The molecule has 0 saturated carbocycles. The summed E-state index contributed by atoms with van der Waals surface area (Å²) in [5.74, 6) is -0.244. The number of rotatable bonds is 7. The third-order valence-electron chi connectivity index (χ3n) is 3.89. The molecule has 96 valence electrons. The third-order valence-corrected chi connectivity index (χ3v) is 3.89. The summed E-state index contributed by atoms with van der Waals surface area (Å²) in [5, 5.41) is 3.59. The van der Waals surface area contributed by atoms with Crippen molar-refractivity contribution in [3.05, 3.63) is 0 Å². The SMILES string of the molecule is CCC(CC)(CC)NC(C)C(C)C(=O)OC. The summed E-state index contributed by atoms with van der Waals surface area (Å²) in [6.45, 7) is 10.5. The quantitative estimate of drug-likeness (QED) is 0.682. The van der Waals surface area contributed by atoms with Crippen LogP contribution in [0.4, 0.5) is 0 Å². The Labute approximate surface area is 99.9 Å². The molecule has 1 N–H and O–H groups in total. The van der Waals surface area contributed by atoms with E-state index in [-0.39, 0.29) is 23.5 Å². The Morgan fingerprint density at radius 3 is 1.94 bits per heavy atom. The molecule has 0 aromatic rings. The van der Waals surface area contributed by atoms with E-state index < -0.39 is 0 Å². The maximum atomic E-state index is 11.4. The van der Waals surface area contributed by atoms with Crippen molar-refractivity contribution in [2.24, 2.45) is 5.92 Å². The van der Waals surface area contributed by atoms with Crippen LogP contribution in [0.15, 0.2) is 0 Å². The lowest BCUT2D eigenvalue weighted by Gasteiger charge is -2.36. The second-order valence-electron chi connectivity index (χ2n) is 4.59. The van der Waals surface area contributed by atoms with Gasteiger partial charge in [0.1, 0.15) is 0 Å². The molecule has 16 heavy (non-hydrogen) atoms. The predicted octanol–water partition coefficient (Wildman–Crippen LogP) is 2.74. The molecule has 2 atom stereocenters. The van der Waals surface area contributed by atoms with Crippen LogP contribution in [0.25, 0.3) is 0 Å². The zero-order valence-electron chi connectivity index (χ0n) is 11.6. The largest absolute Gasteiger partial charge is 0.469 e. The van der Waals surface area contributed by atoms with Crippen molar-refractivity contribution in [3.63, 3.8) is 0 Å². The Morgan fingerprint density at radius 2 is 1.62 bits per heavy atom. The summed E-state index contributed by atoms with van der Waals surface area (Å²) in [7, 11) is 1.44. The Bertz CT molecular complexity index is 204. The highest BCUT2D eigenvalue weighted by atomic mass is 16.5. The predicted molar refractivity (Wildman–Crippen MR) is 67.4 cm³/mol. The molecule has 0 aromatic heterocycles. The smallest absolute Gasteiger partial charge is 0.309 e. The molecule has 0 bridgehead atoms. The van der Waals surface area contributed by atoms with Crippen molar-refractivity contribution >= 4 is 5.97 Å². The minimum atomic E-state index is -0.141. The molecule has 0 aliphatic carbocycles. The number of nitrogens with one attached hydrogen (secondary N) is 1. The van der Waals surface area contributed by atoms with Crippen molar-refractivity contribution in [1.29, 1.82) is 0 Å². The summed E-state index contributed by atoms with van der Waals surface area (Å²) < 4.78 is 4.77. The lowest BCUT2D eigenvalue weighted by molar-refractivity contribution is -0.145. The van der Waals surface area contributed by atoms with E-state index in [0.29, 0.717) is 0 Å². The van der Waals surface area contributed by atoms with Gasteiger partial charge in [-0.05, 0) is 26.2 Å². The van der Waals surface area contributed by atoms with E-state index in [1.54, 1.807) is 0 Å². The minimum Gasteiger partial charge on any atom is -0.469 e. The lowest BCUT2D eigenvalue weighted by atomic mass is 9.87. The van der Waals surface area contributed by atoms with Crippen LogP contribution in [-0.4, -0.2) is 24.7 Å². The molecule has 0 aliphatic rings. The van der Waals surface area contributed by atoms with Crippen LogP contribution in [0.1, 0.15) is 53.9 Å². The summed E-state index contributed by atoms with van der Waals surface area (Å²) in [5.41, 5.74) is 0.154. The Kier molecular flexibility index (Phi) is 6.65. The molecule has 0 rings (SSSR count). The van der Waals surface area contributed by atoms with Crippen LogP contribution in [0.5, 0.6) is 0 Å². The highest BCUT2D eigenvalue weighted by Crippen LogP contribution is 2.21. The molecular weight excluding hydrogens is 202 g/mol. The summed E-state index contributed by atoms with van der Waals surface area (Å²) in [6, 6.07) is 0.146. The zero-order valence-corrected chi connectivity index (χ0v) is 11.6. The number of carbonyl (C=O) groups excluding carboxylic acids is 1. The molecule has 0 radical (unpaired) electrons. The average molecular weight is 229 g/mol. The van der Waals surface area contributed by atoms with Gasteiger partial charge in [-0.3, -0.25) is 4.79 Å². The van der Waals surface area contributed by atoms with Gasteiger partial charge in [0.05, 0.1) is 13.0 Å². The standard InChI is InChI=1S/C13H27NO2/c1-7-13(8-2,9-3)14-11(5)10(4)12(15)16-6/h10-11,14H,7-9H2,1-6H3. The van der Waals surface area contributed by atoms with Gasteiger partial charge in [0.25, 0.3) is 0 Å². The van der Waals surface area contributed by atoms with Crippen molar-refractivity contribution in [2.75, 3.05) is 7.11 Å². The van der Waals surface area contributed by atoms with E-state index >= 15 is 0 Å². The molecule has 0 fully saturated rings. The van der Waals surface area contributed by atoms with Gasteiger partial charge >= 0.3 is 5.97 Å². The highest BCUT2D eigenvalue weighted by Gasteiger charge is 2.29.